The molecule has 1 heterocycles. The minimum atomic E-state index is -3.38. The molecule has 1 N–H and O–H groups in total. The molecule has 1 aliphatic heterocycles. The number of nitrogens with zero attached hydrogens (tertiary/aromatic N) is 1. The molecule has 0 saturated carbocycles. The summed E-state index contributed by atoms with van der Waals surface area (Å²) in [6, 6.07) is 15.0. The Morgan fingerprint density at radius 2 is 1.85 bits per heavy atom. The smallest absolute Gasteiger partial charge is 0.227 e. The fourth-order valence-electron chi connectivity index (χ4n) is 3.27. The molecule has 1 amide bonds. The van der Waals surface area contributed by atoms with Gasteiger partial charge in [-0.3, -0.25) is 4.79 Å². The average Bonchev–Trinajstić information content (AvgIpc) is 2.64. The molecule has 0 radical (unpaired) electrons. The number of anilines is 1. The van der Waals surface area contributed by atoms with E-state index in [2.05, 4.69) is 21.2 Å². The summed E-state index contributed by atoms with van der Waals surface area (Å²) in [5.41, 5.74) is 2.54. The maximum Gasteiger partial charge on any atom is 0.227 e. The van der Waals surface area contributed by atoms with Crippen LogP contribution in [-0.4, -0.2) is 31.7 Å². The molecule has 144 valence electrons. The third-order valence-corrected chi connectivity index (χ3v) is 7.23. The Morgan fingerprint density at radius 1 is 1.15 bits per heavy atom. The minimum absolute atomic E-state index is 0.00851. The normalized spacial score (nSPS) is 16.2. The van der Waals surface area contributed by atoms with Crippen LogP contribution in [0.15, 0.2) is 53.0 Å². The van der Waals surface area contributed by atoms with Gasteiger partial charge >= 0.3 is 0 Å². The van der Waals surface area contributed by atoms with Crippen molar-refractivity contribution in [2.24, 2.45) is 5.92 Å². The van der Waals surface area contributed by atoms with Gasteiger partial charge in [0.1, 0.15) is 0 Å². The molecule has 2 aromatic rings. The van der Waals surface area contributed by atoms with Crippen LogP contribution in [0, 0.1) is 12.8 Å². The number of halogens is 1. The Hall–Kier alpha value is -1.70. The predicted molar refractivity (Wildman–Crippen MR) is 111 cm³/mol. The molecule has 5 nitrogen and oxygen atoms in total. The monoisotopic (exact) mass is 450 g/mol. The second-order valence-corrected chi connectivity index (χ2v) is 9.74. The van der Waals surface area contributed by atoms with E-state index in [4.69, 9.17) is 0 Å². The number of amides is 1. The van der Waals surface area contributed by atoms with Gasteiger partial charge in [-0.1, -0.05) is 46.3 Å². The second-order valence-electron chi connectivity index (χ2n) is 6.86. The van der Waals surface area contributed by atoms with Gasteiger partial charge in [0.25, 0.3) is 0 Å². The Morgan fingerprint density at radius 3 is 2.52 bits per heavy atom. The first-order valence-electron chi connectivity index (χ1n) is 8.94. The van der Waals surface area contributed by atoms with Gasteiger partial charge in [-0.25, -0.2) is 12.7 Å². The largest absolute Gasteiger partial charge is 0.326 e. The van der Waals surface area contributed by atoms with Gasteiger partial charge in [-0.15, -0.1) is 0 Å². The Labute approximate surface area is 169 Å². The highest BCUT2D eigenvalue weighted by atomic mass is 79.9. The summed E-state index contributed by atoms with van der Waals surface area (Å²) >= 11 is 3.39. The number of carbonyl (C=O) groups excluding carboxylic acids is 1. The van der Waals surface area contributed by atoms with Crippen LogP contribution < -0.4 is 5.32 Å². The lowest BCUT2D eigenvalue weighted by molar-refractivity contribution is -0.120. The first kappa shape index (κ1) is 20.0. The predicted octanol–water partition coefficient (Wildman–Crippen LogP) is 3.94. The zero-order valence-corrected chi connectivity index (χ0v) is 17.6. The van der Waals surface area contributed by atoms with E-state index in [9.17, 15) is 13.2 Å². The van der Waals surface area contributed by atoms with Crippen LogP contribution in [0.1, 0.15) is 24.0 Å². The topological polar surface area (TPSA) is 66.5 Å². The summed E-state index contributed by atoms with van der Waals surface area (Å²) in [7, 11) is -3.38. The molecule has 1 saturated heterocycles. The Kier molecular flexibility index (Phi) is 6.34. The number of hydrogen-bond acceptors (Lipinski definition) is 3. The Bertz CT molecular complexity index is 922. The molecule has 0 aromatic heterocycles. The van der Waals surface area contributed by atoms with E-state index in [0.717, 1.165) is 21.3 Å². The van der Waals surface area contributed by atoms with Crippen LogP contribution in [0.3, 0.4) is 0 Å². The SMILES string of the molecule is Cc1ccccc1CS(=O)(=O)N1CCC(C(=O)Nc2cccc(Br)c2)CC1. The molecule has 2 aromatic carbocycles. The third-order valence-electron chi connectivity index (χ3n) is 4.91. The quantitative estimate of drug-likeness (QED) is 0.749. The number of aryl methyl sites for hydroxylation is 1. The highest BCUT2D eigenvalue weighted by molar-refractivity contribution is 9.10. The van der Waals surface area contributed by atoms with E-state index < -0.39 is 10.0 Å². The number of hydrogen-bond donors (Lipinski definition) is 1. The first-order valence-corrected chi connectivity index (χ1v) is 11.3. The van der Waals surface area contributed by atoms with E-state index in [-0.39, 0.29) is 17.6 Å². The molecule has 0 atom stereocenters. The van der Waals surface area contributed by atoms with Crippen LogP contribution >= 0.6 is 15.9 Å². The number of sulfonamides is 1. The second kappa shape index (κ2) is 8.54. The van der Waals surface area contributed by atoms with Crippen LogP contribution in [0.5, 0.6) is 0 Å². The molecule has 27 heavy (non-hydrogen) atoms. The van der Waals surface area contributed by atoms with Gasteiger partial charge in [0.2, 0.25) is 15.9 Å². The highest BCUT2D eigenvalue weighted by Gasteiger charge is 2.31. The summed E-state index contributed by atoms with van der Waals surface area (Å²) in [5, 5.41) is 2.92. The van der Waals surface area contributed by atoms with E-state index in [0.29, 0.717) is 25.9 Å². The lowest BCUT2D eigenvalue weighted by Gasteiger charge is -2.30. The molecule has 1 fully saturated rings. The van der Waals surface area contributed by atoms with Crippen LogP contribution in [0.4, 0.5) is 5.69 Å². The molecule has 0 unspecified atom stereocenters. The van der Waals surface area contributed by atoms with Crippen molar-refractivity contribution in [1.29, 1.82) is 0 Å². The number of piperidine rings is 1. The van der Waals surface area contributed by atoms with E-state index in [1.165, 1.54) is 4.31 Å². The lowest BCUT2D eigenvalue weighted by Crippen LogP contribution is -2.41. The van der Waals surface area contributed by atoms with Gasteiger partial charge < -0.3 is 5.32 Å². The standard InChI is InChI=1S/C20H23BrN2O3S/c1-15-5-2-3-6-17(15)14-27(25,26)23-11-9-16(10-12-23)20(24)22-19-8-4-7-18(21)13-19/h2-8,13,16H,9-12,14H2,1H3,(H,22,24). The number of benzene rings is 2. The van der Waals surface area contributed by atoms with Gasteiger partial charge in [-0.2, -0.15) is 0 Å². The van der Waals surface area contributed by atoms with Crippen molar-refractivity contribution in [3.05, 3.63) is 64.1 Å². The van der Waals surface area contributed by atoms with Gasteiger partial charge in [0.15, 0.2) is 0 Å². The number of rotatable bonds is 5. The molecular formula is C20H23BrN2O3S. The fourth-order valence-corrected chi connectivity index (χ4v) is 5.33. The van der Waals surface area contributed by atoms with E-state index in [1.54, 1.807) is 0 Å². The molecule has 0 spiro atoms. The van der Waals surface area contributed by atoms with Crippen LogP contribution in [0.2, 0.25) is 0 Å². The lowest BCUT2D eigenvalue weighted by atomic mass is 9.97. The first-order chi connectivity index (χ1) is 12.8. The van der Waals surface area contributed by atoms with Crippen molar-refractivity contribution in [3.8, 4) is 0 Å². The van der Waals surface area contributed by atoms with Crippen molar-refractivity contribution in [1.82, 2.24) is 4.31 Å². The van der Waals surface area contributed by atoms with Crippen LogP contribution in [0.25, 0.3) is 0 Å². The molecule has 0 aliphatic carbocycles. The van der Waals surface area contributed by atoms with Crippen molar-refractivity contribution < 1.29 is 13.2 Å². The minimum Gasteiger partial charge on any atom is -0.326 e. The van der Waals surface area contributed by atoms with Crippen LogP contribution in [-0.2, 0) is 20.6 Å². The number of nitrogens with one attached hydrogen (secondary N) is 1. The zero-order valence-electron chi connectivity index (χ0n) is 15.2. The summed E-state index contributed by atoms with van der Waals surface area (Å²) in [4.78, 5) is 12.5. The van der Waals surface area contributed by atoms with Crippen molar-refractivity contribution in [2.75, 3.05) is 18.4 Å². The summed E-state index contributed by atoms with van der Waals surface area (Å²) in [6.07, 6.45) is 1.07. The van der Waals surface area contributed by atoms with Crippen molar-refractivity contribution >= 4 is 37.5 Å². The maximum atomic E-state index is 12.7. The molecule has 1 aliphatic rings. The molecule has 7 heteroatoms. The molecule has 0 bridgehead atoms. The Balaban J connectivity index is 1.58. The zero-order chi connectivity index (χ0) is 19.4. The molecule has 3 rings (SSSR count). The van der Waals surface area contributed by atoms with Crippen molar-refractivity contribution in [3.63, 3.8) is 0 Å². The summed E-state index contributed by atoms with van der Waals surface area (Å²) in [5.74, 6) is -0.216. The summed E-state index contributed by atoms with van der Waals surface area (Å²) in [6.45, 7) is 2.68. The van der Waals surface area contributed by atoms with E-state index >= 15 is 0 Å². The van der Waals surface area contributed by atoms with Gasteiger partial charge in [0.05, 0.1) is 5.75 Å². The van der Waals surface area contributed by atoms with Gasteiger partial charge in [0, 0.05) is 29.2 Å². The number of carbonyl (C=O) groups is 1. The fraction of sp³-hybridized carbons (Fsp3) is 0.350. The van der Waals surface area contributed by atoms with Crippen molar-refractivity contribution in [2.45, 2.75) is 25.5 Å². The van der Waals surface area contributed by atoms with E-state index in [1.807, 2.05) is 55.5 Å². The molecular weight excluding hydrogens is 428 g/mol. The van der Waals surface area contributed by atoms with Gasteiger partial charge in [-0.05, 0) is 49.1 Å². The highest BCUT2D eigenvalue weighted by Crippen LogP contribution is 2.24. The average molecular weight is 451 g/mol. The summed E-state index contributed by atoms with van der Waals surface area (Å²) < 4.78 is 27.9. The maximum absolute atomic E-state index is 12.7. The third kappa shape index (κ3) is 5.18.